The Morgan fingerprint density at radius 2 is 2.14 bits per heavy atom. The molecule has 1 aromatic heterocycles. The average molecular weight is 196 g/mol. The zero-order valence-corrected chi connectivity index (χ0v) is 7.86. The van der Waals surface area contributed by atoms with Crippen LogP contribution in [0.5, 0.6) is 5.88 Å². The number of amidine groups is 1. The monoisotopic (exact) mass is 196 g/mol. The molecule has 0 bridgehead atoms. The van der Waals surface area contributed by atoms with Gasteiger partial charge in [0.1, 0.15) is 12.4 Å². The predicted molar refractivity (Wildman–Crippen MR) is 50.4 cm³/mol. The number of nitrogens with two attached hydrogens (primary N) is 1. The van der Waals surface area contributed by atoms with Crippen molar-refractivity contribution in [2.45, 2.75) is 0 Å². The summed E-state index contributed by atoms with van der Waals surface area (Å²) in [6.07, 6.45) is 2.94. The number of nitrogen functional groups attached to an aromatic ring is 1. The molecule has 0 aliphatic heterocycles. The van der Waals surface area contributed by atoms with Gasteiger partial charge in [-0.05, 0) is 0 Å². The Morgan fingerprint density at radius 3 is 2.79 bits per heavy atom. The van der Waals surface area contributed by atoms with E-state index >= 15 is 0 Å². The minimum absolute atomic E-state index is 0.162. The van der Waals surface area contributed by atoms with Crippen LogP contribution in [0.4, 0.5) is 0 Å². The van der Waals surface area contributed by atoms with Gasteiger partial charge in [-0.25, -0.2) is 9.97 Å². The largest absolute Gasteiger partial charge is 0.474 e. The van der Waals surface area contributed by atoms with Gasteiger partial charge < -0.3 is 15.2 Å². The van der Waals surface area contributed by atoms with E-state index < -0.39 is 0 Å². The van der Waals surface area contributed by atoms with E-state index in [1.165, 1.54) is 12.4 Å². The van der Waals surface area contributed by atoms with Crippen LogP contribution in [0.25, 0.3) is 0 Å². The number of rotatable bonds is 5. The Kier molecular flexibility index (Phi) is 3.81. The Labute approximate surface area is 81.6 Å². The maximum atomic E-state index is 7.22. The second-order valence-electron chi connectivity index (χ2n) is 2.47. The molecule has 6 heteroatoms. The zero-order valence-electron chi connectivity index (χ0n) is 7.86. The van der Waals surface area contributed by atoms with E-state index in [1.54, 1.807) is 7.11 Å². The Balaban J connectivity index is 2.69. The quantitative estimate of drug-likeness (QED) is 0.386. The fourth-order valence-corrected chi connectivity index (χ4v) is 0.837. The summed E-state index contributed by atoms with van der Waals surface area (Å²) >= 11 is 0. The Morgan fingerprint density at radius 1 is 1.43 bits per heavy atom. The van der Waals surface area contributed by atoms with Gasteiger partial charge in [0.15, 0.2) is 5.69 Å². The fraction of sp³-hybridized carbons (Fsp3) is 0.375. The summed E-state index contributed by atoms with van der Waals surface area (Å²) in [6.45, 7) is 0.809. The van der Waals surface area contributed by atoms with Crippen LogP contribution in [-0.2, 0) is 4.74 Å². The molecule has 0 aliphatic carbocycles. The van der Waals surface area contributed by atoms with Gasteiger partial charge in [0.05, 0.1) is 6.61 Å². The van der Waals surface area contributed by atoms with Crippen molar-refractivity contribution < 1.29 is 9.47 Å². The third-order valence-electron chi connectivity index (χ3n) is 1.45. The van der Waals surface area contributed by atoms with E-state index in [0.717, 1.165) is 0 Å². The molecule has 0 saturated carbocycles. The molecule has 1 aromatic rings. The SMILES string of the molecule is COCCOc1nccnc1C(=N)N. The van der Waals surface area contributed by atoms with Crippen molar-refractivity contribution in [2.75, 3.05) is 20.3 Å². The van der Waals surface area contributed by atoms with E-state index in [1.807, 2.05) is 0 Å². The van der Waals surface area contributed by atoms with E-state index in [0.29, 0.717) is 13.2 Å². The predicted octanol–water partition coefficient (Wildman–Crippen LogP) is -0.214. The van der Waals surface area contributed by atoms with Gasteiger partial charge in [0, 0.05) is 19.5 Å². The molecule has 0 saturated heterocycles. The zero-order chi connectivity index (χ0) is 10.4. The Hall–Kier alpha value is -1.69. The summed E-state index contributed by atoms with van der Waals surface area (Å²) in [7, 11) is 1.58. The smallest absolute Gasteiger partial charge is 0.243 e. The summed E-state index contributed by atoms with van der Waals surface area (Å²) < 4.78 is 10.0. The molecular weight excluding hydrogens is 184 g/mol. The molecule has 3 N–H and O–H groups in total. The minimum Gasteiger partial charge on any atom is -0.474 e. The molecule has 0 radical (unpaired) electrons. The van der Waals surface area contributed by atoms with Gasteiger partial charge in [-0.2, -0.15) is 0 Å². The van der Waals surface area contributed by atoms with E-state index in [-0.39, 0.29) is 17.4 Å². The maximum Gasteiger partial charge on any atom is 0.243 e. The molecule has 14 heavy (non-hydrogen) atoms. The lowest BCUT2D eigenvalue weighted by atomic mass is 10.4. The molecule has 0 amide bonds. The average Bonchev–Trinajstić information content (AvgIpc) is 2.19. The second kappa shape index (κ2) is 5.13. The van der Waals surface area contributed by atoms with Crippen LogP contribution in [0, 0.1) is 5.41 Å². The number of ether oxygens (including phenoxy) is 2. The van der Waals surface area contributed by atoms with Gasteiger partial charge in [0.2, 0.25) is 5.88 Å². The van der Waals surface area contributed by atoms with Crippen LogP contribution in [0.15, 0.2) is 12.4 Å². The lowest BCUT2D eigenvalue weighted by molar-refractivity contribution is 0.143. The number of aromatic nitrogens is 2. The molecule has 0 aliphatic rings. The number of hydrogen-bond donors (Lipinski definition) is 2. The lowest BCUT2D eigenvalue weighted by Crippen LogP contribution is -2.17. The standard InChI is InChI=1S/C8H12N4O2/c1-13-4-5-14-8-6(7(9)10)11-2-3-12-8/h2-3H,4-5H2,1H3,(H3,9,10). The fourth-order valence-electron chi connectivity index (χ4n) is 0.837. The highest BCUT2D eigenvalue weighted by Crippen LogP contribution is 2.09. The van der Waals surface area contributed by atoms with Gasteiger partial charge in [-0.15, -0.1) is 0 Å². The maximum absolute atomic E-state index is 7.22. The summed E-state index contributed by atoms with van der Waals surface area (Å²) in [5.41, 5.74) is 5.54. The van der Waals surface area contributed by atoms with Gasteiger partial charge in [0.25, 0.3) is 0 Å². The molecule has 1 rings (SSSR count). The van der Waals surface area contributed by atoms with Crippen LogP contribution in [0.3, 0.4) is 0 Å². The normalized spacial score (nSPS) is 9.79. The highest BCUT2D eigenvalue weighted by molar-refractivity contribution is 5.94. The van der Waals surface area contributed by atoms with Gasteiger partial charge in [-0.1, -0.05) is 0 Å². The van der Waals surface area contributed by atoms with Crippen molar-refractivity contribution in [3.63, 3.8) is 0 Å². The number of nitrogens with zero attached hydrogens (tertiary/aromatic N) is 2. The first-order valence-electron chi connectivity index (χ1n) is 4.03. The molecule has 0 aromatic carbocycles. The van der Waals surface area contributed by atoms with Crippen LogP contribution in [0.2, 0.25) is 0 Å². The van der Waals surface area contributed by atoms with Crippen molar-refractivity contribution in [2.24, 2.45) is 5.73 Å². The van der Waals surface area contributed by atoms with Gasteiger partial charge >= 0.3 is 0 Å². The summed E-state index contributed by atoms with van der Waals surface area (Å²) in [5.74, 6) is 0.0996. The van der Waals surface area contributed by atoms with E-state index in [2.05, 4.69) is 9.97 Å². The summed E-state index contributed by atoms with van der Waals surface area (Å²) in [6, 6.07) is 0. The van der Waals surface area contributed by atoms with Crippen molar-refractivity contribution in [1.29, 1.82) is 5.41 Å². The topological polar surface area (TPSA) is 94.1 Å². The number of methoxy groups -OCH3 is 1. The van der Waals surface area contributed by atoms with Crippen LogP contribution >= 0.6 is 0 Å². The van der Waals surface area contributed by atoms with Crippen molar-refractivity contribution in [1.82, 2.24) is 9.97 Å². The third-order valence-corrected chi connectivity index (χ3v) is 1.45. The van der Waals surface area contributed by atoms with Crippen molar-refractivity contribution >= 4 is 5.84 Å². The molecule has 1 heterocycles. The third kappa shape index (κ3) is 2.67. The molecule has 0 fully saturated rings. The molecule has 0 unspecified atom stereocenters. The first-order chi connectivity index (χ1) is 6.75. The molecule has 0 atom stereocenters. The van der Waals surface area contributed by atoms with E-state index in [9.17, 15) is 0 Å². The highest BCUT2D eigenvalue weighted by atomic mass is 16.5. The van der Waals surface area contributed by atoms with Gasteiger partial charge in [-0.3, -0.25) is 5.41 Å². The van der Waals surface area contributed by atoms with Crippen molar-refractivity contribution in [3.8, 4) is 5.88 Å². The summed E-state index contributed by atoms with van der Waals surface area (Å²) in [4.78, 5) is 7.79. The first kappa shape index (κ1) is 10.4. The minimum atomic E-state index is -0.162. The van der Waals surface area contributed by atoms with Crippen LogP contribution < -0.4 is 10.5 Å². The molecule has 6 nitrogen and oxygen atoms in total. The highest BCUT2D eigenvalue weighted by Gasteiger charge is 2.08. The number of nitrogens with one attached hydrogen (secondary N) is 1. The number of hydrogen-bond acceptors (Lipinski definition) is 5. The molecule has 76 valence electrons. The van der Waals surface area contributed by atoms with Crippen LogP contribution in [-0.4, -0.2) is 36.1 Å². The molecule has 0 spiro atoms. The second-order valence-corrected chi connectivity index (χ2v) is 2.47. The first-order valence-corrected chi connectivity index (χ1v) is 4.03. The molecular formula is C8H12N4O2. The summed E-state index contributed by atoms with van der Waals surface area (Å²) in [5, 5.41) is 7.22. The van der Waals surface area contributed by atoms with Crippen LogP contribution in [0.1, 0.15) is 5.69 Å². The van der Waals surface area contributed by atoms with E-state index in [4.69, 9.17) is 20.6 Å². The Bertz CT molecular complexity index is 316. The van der Waals surface area contributed by atoms with Crippen molar-refractivity contribution in [3.05, 3.63) is 18.1 Å². The lowest BCUT2D eigenvalue weighted by Gasteiger charge is -2.06.